The topological polar surface area (TPSA) is 30.2 Å². The highest BCUT2D eigenvalue weighted by Crippen LogP contribution is 2.38. The second-order valence-electron chi connectivity index (χ2n) is 5.11. The summed E-state index contributed by atoms with van der Waals surface area (Å²) in [6.07, 6.45) is 1.55. The molecule has 4 rings (SSSR count). The summed E-state index contributed by atoms with van der Waals surface area (Å²) in [6, 6.07) is 14.8. The molecule has 22 heavy (non-hydrogen) atoms. The average molecular weight is 309 g/mol. The van der Waals surface area contributed by atoms with Gasteiger partial charge in [0.05, 0.1) is 10.6 Å². The van der Waals surface area contributed by atoms with Crippen LogP contribution < -0.4 is 0 Å². The lowest BCUT2D eigenvalue weighted by atomic mass is 10.1. The molecule has 2 heterocycles. The highest BCUT2D eigenvalue weighted by molar-refractivity contribution is 7.20. The Balaban J connectivity index is 1.98. The monoisotopic (exact) mass is 309 g/mol. The number of nitrogens with zero attached hydrogens (tertiary/aromatic N) is 3. The average Bonchev–Trinajstić information content (AvgIpc) is 3.10. The summed E-state index contributed by atoms with van der Waals surface area (Å²) >= 11 is 1.56. The molecule has 0 spiro atoms. The van der Waals surface area contributed by atoms with Gasteiger partial charge in [-0.15, -0.1) is 0 Å². The summed E-state index contributed by atoms with van der Waals surface area (Å²) in [7, 11) is 0. The highest BCUT2D eigenvalue weighted by atomic mass is 32.1. The van der Waals surface area contributed by atoms with Crippen LogP contribution in [0.15, 0.2) is 54.9 Å². The van der Waals surface area contributed by atoms with E-state index in [0.29, 0.717) is 0 Å². The summed E-state index contributed by atoms with van der Waals surface area (Å²) in [6.45, 7) is 2.06. The molecule has 0 atom stereocenters. The SMILES string of the molecule is Cc1ccc(-c2c(-c3ccc(F)cc3)sc3ncnn23)cc1. The van der Waals surface area contributed by atoms with Crippen molar-refractivity contribution in [2.75, 3.05) is 0 Å². The Kier molecular flexibility index (Phi) is 3.01. The van der Waals surface area contributed by atoms with E-state index in [1.54, 1.807) is 29.8 Å². The van der Waals surface area contributed by atoms with E-state index in [2.05, 4.69) is 41.3 Å². The number of aromatic nitrogens is 3. The largest absolute Gasteiger partial charge is 0.213 e. The van der Waals surface area contributed by atoms with E-state index in [9.17, 15) is 4.39 Å². The lowest BCUT2D eigenvalue weighted by Crippen LogP contribution is -1.90. The van der Waals surface area contributed by atoms with E-state index in [-0.39, 0.29) is 5.82 Å². The van der Waals surface area contributed by atoms with Crippen molar-refractivity contribution in [2.24, 2.45) is 0 Å². The van der Waals surface area contributed by atoms with Crippen molar-refractivity contribution in [3.63, 3.8) is 0 Å². The number of hydrogen-bond donors (Lipinski definition) is 0. The van der Waals surface area contributed by atoms with Gasteiger partial charge in [-0.2, -0.15) is 5.10 Å². The van der Waals surface area contributed by atoms with Gasteiger partial charge in [-0.05, 0) is 24.6 Å². The Hall–Kier alpha value is -2.53. The maximum Gasteiger partial charge on any atom is 0.213 e. The lowest BCUT2D eigenvalue weighted by Gasteiger charge is -2.05. The molecule has 0 unspecified atom stereocenters. The predicted octanol–water partition coefficient (Wildman–Crippen LogP) is 4.57. The summed E-state index contributed by atoms with van der Waals surface area (Å²) in [4.78, 5) is 6.15. The molecule has 5 heteroatoms. The molecular weight excluding hydrogens is 297 g/mol. The van der Waals surface area contributed by atoms with E-state index in [1.165, 1.54) is 17.7 Å². The molecule has 0 aliphatic rings. The smallest absolute Gasteiger partial charge is 0.207 e. The third-order valence-electron chi connectivity index (χ3n) is 3.57. The van der Waals surface area contributed by atoms with Gasteiger partial charge in [0.15, 0.2) is 0 Å². The van der Waals surface area contributed by atoms with Crippen LogP contribution in [0.2, 0.25) is 0 Å². The molecule has 2 aromatic carbocycles. The van der Waals surface area contributed by atoms with Crippen LogP contribution >= 0.6 is 11.3 Å². The molecule has 0 N–H and O–H groups in total. The number of aryl methyl sites for hydroxylation is 1. The van der Waals surface area contributed by atoms with Gasteiger partial charge in [-0.25, -0.2) is 13.9 Å². The van der Waals surface area contributed by atoms with Crippen LogP contribution in [-0.4, -0.2) is 14.6 Å². The van der Waals surface area contributed by atoms with E-state index in [0.717, 1.165) is 26.7 Å². The predicted molar refractivity (Wildman–Crippen MR) is 86.4 cm³/mol. The minimum Gasteiger partial charge on any atom is -0.207 e. The van der Waals surface area contributed by atoms with E-state index in [1.807, 2.05) is 4.52 Å². The molecule has 3 nitrogen and oxygen atoms in total. The fraction of sp³-hybridized carbons (Fsp3) is 0.0588. The first-order valence-corrected chi connectivity index (χ1v) is 7.69. The van der Waals surface area contributed by atoms with Crippen LogP contribution in [-0.2, 0) is 0 Å². The van der Waals surface area contributed by atoms with Crippen LogP contribution in [0.1, 0.15) is 5.56 Å². The van der Waals surface area contributed by atoms with Crippen molar-refractivity contribution < 1.29 is 4.39 Å². The van der Waals surface area contributed by atoms with Crippen molar-refractivity contribution in [1.29, 1.82) is 0 Å². The second kappa shape index (κ2) is 5.03. The molecule has 0 amide bonds. The Bertz CT molecular complexity index is 936. The Morgan fingerprint density at radius 1 is 0.955 bits per heavy atom. The van der Waals surface area contributed by atoms with Crippen LogP contribution in [0.3, 0.4) is 0 Å². The molecule has 108 valence electrons. The summed E-state index contributed by atoms with van der Waals surface area (Å²) in [5, 5.41) is 4.32. The summed E-state index contributed by atoms with van der Waals surface area (Å²) in [5.41, 5.74) is 4.23. The molecule has 0 radical (unpaired) electrons. The zero-order valence-electron chi connectivity index (χ0n) is 11.8. The van der Waals surface area contributed by atoms with Crippen LogP contribution in [0.25, 0.3) is 26.7 Å². The third kappa shape index (κ3) is 2.10. The highest BCUT2D eigenvalue weighted by Gasteiger charge is 2.17. The van der Waals surface area contributed by atoms with Gasteiger partial charge in [-0.1, -0.05) is 53.3 Å². The van der Waals surface area contributed by atoms with Crippen LogP contribution in [0.4, 0.5) is 4.39 Å². The van der Waals surface area contributed by atoms with Crippen LogP contribution in [0.5, 0.6) is 0 Å². The first kappa shape index (κ1) is 13.2. The molecule has 0 fully saturated rings. The van der Waals surface area contributed by atoms with Crippen molar-refractivity contribution >= 4 is 16.3 Å². The molecular formula is C17H12FN3S. The molecule has 2 aromatic heterocycles. The maximum atomic E-state index is 13.2. The van der Waals surface area contributed by atoms with E-state index in [4.69, 9.17) is 0 Å². The first-order chi connectivity index (χ1) is 10.7. The molecule has 0 aliphatic heterocycles. The number of fused-ring (bicyclic) bond motifs is 1. The normalized spacial score (nSPS) is 11.2. The number of hydrogen-bond acceptors (Lipinski definition) is 3. The lowest BCUT2D eigenvalue weighted by molar-refractivity contribution is 0.628. The molecule has 0 saturated carbocycles. The fourth-order valence-corrected chi connectivity index (χ4v) is 3.51. The fourth-order valence-electron chi connectivity index (χ4n) is 2.45. The number of thiazole rings is 1. The van der Waals surface area contributed by atoms with Gasteiger partial charge in [0.2, 0.25) is 4.96 Å². The van der Waals surface area contributed by atoms with Gasteiger partial charge in [-0.3, -0.25) is 0 Å². The summed E-state index contributed by atoms with van der Waals surface area (Å²) < 4.78 is 15.0. The molecule has 0 saturated heterocycles. The summed E-state index contributed by atoms with van der Waals surface area (Å²) in [5.74, 6) is -0.236. The van der Waals surface area contributed by atoms with Crippen molar-refractivity contribution in [3.8, 4) is 21.7 Å². The Morgan fingerprint density at radius 2 is 1.64 bits per heavy atom. The van der Waals surface area contributed by atoms with Gasteiger partial charge in [0, 0.05) is 5.56 Å². The van der Waals surface area contributed by atoms with E-state index >= 15 is 0 Å². The standard InChI is InChI=1S/C17H12FN3S/c1-11-2-4-12(5-3-11)15-16(13-6-8-14(18)9-7-13)22-17-19-10-20-21(15)17/h2-10H,1H3. The molecule has 4 aromatic rings. The van der Waals surface area contributed by atoms with Gasteiger partial charge < -0.3 is 0 Å². The van der Waals surface area contributed by atoms with Crippen molar-refractivity contribution in [2.45, 2.75) is 6.92 Å². The van der Waals surface area contributed by atoms with Gasteiger partial charge in [0.25, 0.3) is 0 Å². The van der Waals surface area contributed by atoms with Gasteiger partial charge >= 0.3 is 0 Å². The zero-order valence-corrected chi connectivity index (χ0v) is 12.6. The Morgan fingerprint density at radius 3 is 2.36 bits per heavy atom. The molecule has 0 bridgehead atoms. The van der Waals surface area contributed by atoms with Crippen molar-refractivity contribution in [3.05, 3.63) is 66.2 Å². The first-order valence-electron chi connectivity index (χ1n) is 6.88. The number of halogens is 1. The maximum absolute atomic E-state index is 13.2. The zero-order chi connectivity index (χ0) is 15.1. The van der Waals surface area contributed by atoms with E-state index < -0.39 is 0 Å². The number of benzene rings is 2. The minimum absolute atomic E-state index is 0.236. The second-order valence-corrected chi connectivity index (χ2v) is 6.08. The van der Waals surface area contributed by atoms with Crippen molar-refractivity contribution in [1.82, 2.24) is 14.6 Å². The van der Waals surface area contributed by atoms with Crippen LogP contribution in [0, 0.1) is 12.7 Å². The third-order valence-corrected chi connectivity index (χ3v) is 4.66. The minimum atomic E-state index is -0.236. The van der Waals surface area contributed by atoms with Gasteiger partial charge in [0.1, 0.15) is 12.1 Å². The Labute approximate surface area is 130 Å². The number of rotatable bonds is 2. The molecule has 0 aliphatic carbocycles. The quantitative estimate of drug-likeness (QED) is 0.543.